The van der Waals surface area contributed by atoms with E-state index in [0.717, 1.165) is 31.2 Å². The third kappa shape index (κ3) is 5.65. The second-order valence-corrected chi connectivity index (χ2v) is 5.96. The molecule has 1 atom stereocenters. The van der Waals surface area contributed by atoms with Crippen LogP contribution in [0.25, 0.3) is 0 Å². The summed E-state index contributed by atoms with van der Waals surface area (Å²) in [5.74, 6) is -1.01. The lowest BCUT2D eigenvalue weighted by atomic mass is 9.98. The molecule has 0 radical (unpaired) electrons. The number of allylic oxidation sites excluding steroid dienone is 1. The van der Waals surface area contributed by atoms with Gasteiger partial charge < -0.3 is 10.1 Å². The van der Waals surface area contributed by atoms with Gasteiger partial charge in [-0.3, -0.25) is 14.4 Å². The lowest BCUT2D eigenvalue weighted by Gasteiger charge is -2.18. The molecule has 0 saturated carbocycles. The molecule has 0 spiro atoms. The number of ether oxygens (including phenoxy) is 1. The van der Waals surface area contributed by atoms with Crippen LogP contribution in [0.4, 0.5) is 0 Å². The number of amides is 1. The van der Waals surface area contributed by atoms with E-state index in [4.69, 9.17) is 4.74 Å². The van der Waals surface area contributed by atoms with Gasteiger partial charge in [-0.2, -0.15) is 0 Å². The van der Waals surface area contributed by atoms with Crippen molar-refractivity contribution in [3.8, 4) is 0 Å². The Morgan fingerprint density at radius 2 is 1.92 bits per heavy atom. The Hall–Kier alpha value is -2.43. The van der Waals surface area contributed by atoms with Gasteiger partial charge in [-0.05, 0) is 38.2 Å². The molecule has 2 rings (SSSR count). The first-order valence-electron chi connectivity index (χ1n) is 8.26. The van der Waals surface area contributed by atoms with Gasteiger partial charge in [0, 0.05) is 5.57 Å². The topological polar surface area (TPSA) is 72.5 Å². The molecule has 0 aliphatic heterocycles. The summed E-state index contributed by atoms with van der Waals surface area (Å²) >= 11 is 0. The van der Waals surface area contributed by atoms with Crippen molar-refractivity contribution >= 4 is 17.7 Å². The van der Waals surface area contributed by atoms with Gasteiger partial charge in [0.05, 0.1) is 12.5 Å². The number of benzene rings is 1. The van der Waals surface area contributed by atoms with Crippen molar-refractivity contribution in [3.63, 3.8) is 0 Å². The van der Waals surface area contributed by atoms with E-state index in [1.54, 1.807) is 0 Å². The van der Waals surface area contributed by atoms with E-state index in [9.17, 15) is 14.4 Å². The van der Waals surface area contributed by atoms with E-state index in [0.29, 0.717) is 5.57 Å². The van der Waals surface area contributed by atoms with E-state index >= 15 is 0 Å². The highest BCUT2D eigenvalue weighted by Crippen LogP contribution is 2.17. The first kappa shape index (κ1) is 17.9. The number of esters is 1. The molecule has 1 amide bonds. The van der Waals surface area contributed by atoms with Crippen molar-refractivity contribution in [2.24, 2.45) is 0 Å². The minimum absolute atomic E-state index is 0.152. The zero-order chi connectivity index (χ0) is 17.4. The largest absolute Gasteiger partial charge is 0.461 e. The number of hydrogen-bond donors (Lipinski definition) is 1. The molecule has 0 bridgehead atoms. The quantitative estimate of drug-likeness (QED) is 0.781. The average Bonchev–Trinajstić information content (AvgIpc) is 2.61. The van der Waals surface area contributed by atoms with Crippen LogP contribution >= 0.6 is 0 Å². The molecule has 128 valence electrons. The van der Waals surface area contributed by atoms with Gasteiger partial charge in [0.1, 0.15) is 6.61 Å². The SMILES string of the molecule is CC(=O)C(CC(=O)OCc1ccccc1)NC(=O)C1=CCCCC1. The Kier molecular flexibility index (Phi) is 6.73. The van der Waals surface area contributed by atoms with Crippen LogP contribution in [0.1, 0.15) is 44.6 Å². The van der Waals surface area contributed by atoms with Crippen LogP contribution in [0.3, 0.4) is 0 Å². The number of nitrogens with one attached hydrogen (secondary N) is 1. The molecule has 0 saturated heterocycles. The van der Waals surface area contributed by atoms with Crippen molar-refractivity contribution in [2.75, 3.05) is 0 Å². The Bertz CT molecular complexity index is 622. The van der Waals surface area contributed by atoms with Gasteiger partial charge in [-0.25, -0.2) is 0 Å². The maximum Gasteiger partial charge on any atom is 0.308 e. The summed E-state index contributed by atoms with van der Waals surface area (Å²) in [6.45, 7) is 1.52. The first-order chi connectivity index (χ1) is 11.6. The minimum Gasteiger partial charge on any atom is -0.461 e. The second kappa shape index (κ2) is 9.01. The fourth-order valence-corrected chi connectivity index (χ4v) is 2.56. The molecule has 1 N–H and O–H groups in total. The molecule has 24 heavy (non-hydrogen) atoms. The van der Waals surface area contributed by atoms with Crippen LogP contribution in [0.15, 0.2) is 42.0 Å². The predicted molar refractivity (Wildman–Crippen MR) is 90.0 cm³/mol. The number of ketones is 1. The lowest BCUT2D eigenvalue weighted by molar-refractivity contribution is -0.147. The summed E-state index contributed by atoms with van der Waals surface area (Å²) in [6, 6.07) is 8.47. The molecular weight excluding hydrogens is 306 g/mol. The highest BCUT2D eigenvalue weighted by atomic mass is 16.5. The molecule has 0 heterocycles. The number of hydrogen-bond acceptors (Lipinski definition) is 4. The van der Waals surface area contributed by atoms with Gasteiger partial charge >= 0.3 is 5.97 Å². The average molecular weight is 329 g/mol. The predicted octanol–water partition coefficient (Wildman–Crippen LogP) is 2.69. The Balaban J connectivity index is 1.86. The zero-order valence-corrected chi connectivity index (χ0v) is 13.9. The normalized spacial score (nSPS) is 15.1. The molecule has 1 aliphatic carbocycles. The molecular formula is C19H23NO4. The zero-order valence-electron chi connectivity index (χ0n) is 13.9. The summed E-state index contributed by atoms with van der Waals surface area (Å²) in [5.41, 5.74) is 1.58. The molecule has 5 nitrogen and oxygen atoms in total. The fourth-order valence-electron chi connectivity index (χ4n) is 2.56. The fraction of sp³-hybridized carbons (Fsp3) is 0.421. The maximum absolute atomic E-state index is 12.2. The van der Waals surface area contributed by atoms with Crippen molar-refractivity contribution in [1.82, 2.24) is 5.32 Å². The monoisotopic (exact) mass is 329 g/mol. The summed E-state index contributed by atoms with van der Waals surface area (Å²) < 4.78 is 5.18. The second-order valence-electron chi connectivity index (χ2n) is 5.96. The molecule has 1 aliphatic rings. The van der Waals surface area contributed by atoms with Crippen LogP contribution in [0.5, 0.6) is 0 Å². The minimum atomic E-state index is -0.844. The van der Waals surface area contributed by atoms with Gasteiger partial charge in [-0.15, -0.1) is 0 Å². The standard InChI is InChI=1S/C19H23NO4/c1-14(21)17(20-19(23)16-10-6-3-7-11-16)12-18(22)24-13-15-8-4-2-5-9-15/h2,4-5,8-10,17H,3,6-7,11-13H2,1H3,(H,20,23). The van der Waals surface area contributed by atoms with Crippen molar-refractivity contribution < 1.29 is 19.1 Å². The molecule has 1 unspecified atom stereocenters. The summed E-state index contributed by atoms with van der Waals surface area (Å²) in [6.07, 6.45) is 5.41. The van der Waals surface area contributed by atoms with Crippen molar-refractivity contribution in [3.05, 3.63) is 47.5 Å². The Labute approximate surface area is 142 Å². The number of rotatable bonds is 7. The Morgan fingerprint density at radius 3 is 2.54 bits per heavy atom. The highest BCUT2D eigenvalue weighted by molar-refractivity contribution is 5.98. The lowest BCUT2D eigenvalue weighted by Crippen LogP contribution is -2.42. The van der Waals surface area contributed by atoms with E-state index in [-0.39, 0.29) is 24.7 Å². The van der Waals surface area contributed by atoms with Crippen molar-refractivity contribution in [2.45, 2.75) is 51.7 Å². The van der Waals surface area contributed by atoms with Gasteiger partial charge in [-0.1, -0.05) is 36.4 Å². The molecule has 0 fully saturated rings. The van der Waals surface area contributed by atoms with Crippen molar-refractivity contribution in [1.29, 1.82) is 0 Å². The van der Waals surface area contributed by atoms with E-state index in [1.165, 1.54) is 6.92 Å². The van der Waals surface area contributed by atoms with Crippen LogP contribution < -0.4 is 5.32 Å². The van der Waals surface area contributed by atoms with Gasteiger partial charge in [0.15, 0.2) is 5.78 Å². The molecule has 0 aromatic heterocycles. The summed E-state index contributed by atoms with van der Waals surface area (Å²) in [4.78, 5) is 35.9. The number of carbonyl (C=O) groups excluding carboxylic acids is 3. The third-order valence-electron chi connectivity index (χ3n) is 3.99. The van der Waals surface area contributed by atoms with Crippen LogP contribution in [0, 0.1) is 0 Å². The summed E-state index contributed by atoms with van der Waals surface area (Å²) in [7, 11) is 0. The van der Waals surface area contributed by atoms with Crippen LogP contribution in [-0.4, -0.2) is 23.7 Å². The molecule has 5 heteroatoms. The van der Waals surface area contributed by atoms with Crippen LogP contribution in [-0.2, 0) is 25.7 Å². The Morgan fingerprint density at radius 1 is 1.17 bits per heavy atom. The highest BCUT2D eigenvalue weighted by Gasteiger charge is 2.23. The first-order valence-corrected chi connectivity index (χ1v) is 8.26. The van der Waals surface area contributed by atoms with E-state index < -0.39 is 12.0 Å². The molecule has 1 aromatic carbocycles. The number of carbonyl (C=O) groups is 3. The number of Topliss-reactive ketones (excluding diaryl/α,β-unsaturated/α-hetero) is 1. The molecule has 1 aromatic rings. The third-order valence-corrected chi connectivity index (χ3v) is 3.99. The van der Waals surface area contributed by atoms with Gasteiger partial charge in [0.25, 0.3) is 0 Å². The summed E-state index contributed by atoms with van der Waals surface area (Å²) in [5, 5.41) is 2.66. The maximum atomic E-state index is 12.2. The van der Waals surface area contributed by atoms with E-state index in [2.05, 4.69) is 5.32 Å². The van der Waals surface area contributed by atoms with E-state index in [1.807, 2.05) is 36.4 Å². The van der Waals surface area contributed by atoms with Crippen LogP contribution in [0.2, 0.25) is 0 Å². The smallest absolute Gasteiger partial charge is 0.308 e. The van der Waals surface area contributed by atoms with Gasteiger partial charge in [0.2, 0.25) is 5.91 Å².